The monoisotopic (exact) mass is 824 g/mol. The van der Waals surface area contributed by atoms with Crippen molar-refractivity contribution in [2.24, 2.45) is 0 Å². The number of hydrogen-bond donors (Lipinski definition) is 0. The van der Waals surface area contributed by atoms with E-state index in [0.29, 0.717) is 49.2 Å². The number of carbonyl (C=O) groups excluding carboxylic acids is 6. The third-order valence-corrected chi connectivity index (χ3v) is 8.38. The van der Waals surface area contributed by atoms with Crippen LogP contribution in [0, 0.1) is 11.6 Å². The van der Waals surface area contributed by atoms with E-state index in [9.17, 15) is 37.5 Å². The Balaban J connectivity index is 0.000000334. The van der Waals surface area contributed by atoms with Crippen molar-refractivity contribution in [2.45, 2.75) is 93.8 Å². The number of carbonyl (C=O) groups is 6. The standard InChI is InChI=1S/C19H21FN2O5.C16H19FN2O2.C2Cl2O2.2CH4/c1-19(2,3)27-18(25)22-6-5-21-10-14(16(23)17(24)26-4)13-8-12(20)7-11(9-22)15(13)21;1-16(2,3)21-15(20)19-7-6-18-5-4-11-8-13(17)9-12(10-19)14(11)18;3-1(5)2(4)6;;/h7-8,10H,5-6,9H2,1-4H3;4-5,8-9H,6-7,10H2,1-3H3;;2*1H4. The highest BCUT2D eigenvalue weighted by atomic mass is 35.5. The zero-order chi connectivity index (χ0) is 40.3. The van der Waals surface area contributed by atoms with Gasteiger partial charge in [0.1, 0.15) is 22.8 Å². The number of hydrogen-bond acceptors (Lipinski definition) is 9. The quantitative estimate of drug-likeness (QED) is 0.0656. The van der Waals surface area contributed by atoms with Crippen molar-refractivity contribution >= 4 is 79.4 Å². The fourth-order valence-corrected chi connectivity index (χ4v) is 5.87. The molecule has 4 aromatic rings. The Labute approximate surface area is 334 Å². The van der Waals surface area contributed by atoms with Crippen molar-refractivity contribution in [3.05, 3.63) is 71.1 Å². The number of rotatable bonds is 3. The van der Waals surface area contributed by atoms with E-state index in [1.807, 2.05) is 33.0 Å². The van der Waals surface area contributed by atoms with Gasteiger partial charge in [0, 0.05) is 49.3 Å². The van der Waals surface area contributed by atoms with Gasteiger partial charge in [0.25, 0.3) is 5.78 Å². The minimum atomic E-state index is -1.14. The van der Waals surface area contributed by atoms with Crippen LogP contribution < -0.4 is 0 Å². The first-order valence-electron chi connectivity index (χ1n) is 16.6. The highest BCUT2D eigenvalue weighted by Gasteiger charge is 2.30. The summed E-state index contributed by atoms with van der Waals surface area (Å²) in [6.45, 7) is 13.3. The summed E-state index contributed by atoms with van der Waals surface area (Å²) in [5.41, 5.74) is 1.89. The number of halogens is 4. The molecule has 0 saturated heterocycles. The van der Waals surface area contributed by atoms with Gasteiger partial charge in [-0.3, -0.25) is 14.4 Å². The Morgan fingerprint density at radius 1 is 0.679 bits per heavy atom. The maximum absolute atomic E-state index is 14.2. The van der Waals surface area contributed by atoms with Gasteiger partial charge in [0.2, 0.25) is 0 Å². The normalized spacial score (nSPS) is 13.3. The number of esters is 1. The Hall–Kier alpha value is -5.02. The second kappa shape index (κ2) is 18.7. The van der Waals surface area contributed by atoms with Crippen LogP contribution >= 0.6 is 23.2 Å². The van der Waals surface area contributed by atoms with Crippen LogP contribution in [-0.4, -0.2) is 84.8 Å². The summed E-state index contributed by atoms with van der Waals surface area (Å²) in [5.74, 6) is -2.67. The smallest absolute Gasteiger partial charge is 0.410 e. The van der Waals surface area contributed by atoms with Gasteiger partial charge in [-0.05, 0) is 106 Å². The number of benzene rings is 2. The van der Waals surface area contributed by atoms with Crippen LogP contribution in [0.3, 0.4) is 0 Å². The molecule has 0 N–H and O–H groups in total. The lowest BCUT2D eigenvalue weighted by atomic mass is 10.1. The predicted molar refractivity (Wildman–Crippen MR) is 209 cm³/mol. The Bertz CT molecular complexity index is 2120. The zero-order valence-electron chi connectivity index (χ0n) is 30.8. The number of methoxy groups -OCH3 is 1. The molecule has 2 aliphatic rings. The summed E-state index contributed by atoms with van der Waals surface area (Å²) in [6.07, 6.45) is 2.60. The molecule has 0 unspecified atom stereocenters. The van der Waals surface area contributed by atoms with Crippen molar-refractivity contribution in [2.75, 3.05) is 20.2 Å². The van der Waals surface area contributed by atoms with E-state index in [1.165, 1.54) is 35.4 Å². The van der Waals surface area contributed by atoms with E-state index >= 15 is 0 Å². The first kappa shape index (κ1) is 47.1. The number of nitrogens with zero attached hydrogens (tertiary/aromatic N) is 4. The number of ketones is 1. The van der Waals surface area contributed by atoms with Gasteiger partial charge in [0.05, 0.1) is 36.8 Å². The molecule has 0 atom stereocenters. The largest absolute Gasteiger partial charge is 0.463 e. The molecule has 0 bridgehead atoms. The first-order chi connectivity index (χ1) is 25.1. The summed E-state index contributed by atoms with van der Waals surface area (Å²) in [4.78, 5) is 70.6. The molecule has 13 nitrogen and oxygen atoms in total. The maximum atomic E-state index is 14.2. The van der Waals surface area contributed by atoms with Crippen LogP contribution in [0.4, 0.5) is 18.4 Å². The lowest BCUT2D eigenvalue weighted by Crippen LogP contribution is -2.37. The number of amides is 2. The van der Waals surface area contributed by atoms with Crippen LogP contribution in [0.5, 0.6) is 0 Å². The van der Waals surface area contributed by atoms with Gasteiger partial charge in [0.15, 0.2) is 0 Å². The molecule has 2 aliphatic heterocycles. The second-order valence-electron chi connectivity index (χ2n) is 14.4. The summed E-state index contributed by atoms with van der Waals surface area (Å²) in [5, 5.41) is -1.09. The van der Waals surface area contributed by atoms with Crippen LogP contribution in [-0.2, 0) is 54.8 Å². The molecular formula is C39H48Cl2F2N4O9. The van der Waals surface area contributed by atoms with E-state index in [-0.39, 0.29) is 38.9 Å². The van der Waals surface area contributed by atoms with Gasteiger partial charge in [-0.25, -0.2) is 23.2 Å². The van der Waals surface area contributed by atoms with Gasteiger partial charge in [-0.1, -0.05) is 14.9 Å². The van der Waals surface area contributed by atoms with Crippen molar-refractivity contribution in [1.82, 2.24) is 18.9 Å². The molecule has 2 amide bonds. The third-order valence-electron chi connectivity index (χ3n) is 7.94. The molecule has 306 valence electrons. The van der Waals surface area contributed by atoms with Crippen molar-refractivity contribution in [3.63, 3.8) is 0 Å². The molecular weight excluding hydrogens is 777 g/mol. The summed E-state index contributed by atoms with van der Waals surface area (Å²) < 4.78 is 47.1. The number of aromatic nitrogens is 2. The Kier molecular flexibility index (Phi) is 15.8. The molecule has 2 aromatic carbocycles. The lowest BCUT2D eigenvalue weighted by molar-refractivity contribution is -0.135. The zero-order valence-corrected chi connectivity index (χ0v) is 32.3. The van der Waals surface area contributed by atoms with E-state index in [0.717, 1.165) is 23.6 Å². The fraction of sp³-hybridized carbons (Fsp3) is 0.436. The van der Waals surface area contributed by atoms with Gasteiger partial charge in [-0.15, -0.1) is 0 Å². The molecule has 6 rings (SSSR count). The Morgan fingerprint density at radius 2 is 1.14 bits per heavy atom. The third kappa shape index (κ3) is 11.7. The molecule has 0 spiro atoms. The van der Waals surface area contributed by atoms with Crippen molar-refractivity contribution in [1.29, 1.82) is 0 Å². The predicted octanol–water partition coefficient (Wildman–Crippen LogP) is 8.21. The van der Waals surface area contributed by atoms with Crippen molar-refractivity contribution < 1.29 is 51.8 Å². The van der Waals surface area contributed by atoms with Gasteiger partial charge >= 0.3 is 28.6 Å². The first-order valence-corrected chi connectivity index (χ1v) is 17.4. The summed E-state index contributed by atoms with van der Waals surface area (Å²) in [6, 6.07) is 7.48. The highest BCUT2D eigenvalue weighted by Crippen LogP contribution is 2.31. The molecule has 4 heterocycles. The molecule has 17 heteroatoms. The highest BCUT2D eigenvalue weighted by molar-refractivity contribution is 6.97. The van der Waals surface area contributed by atoms with E-state index in [4.69, 9.17) is 9.47 Å². The molecule has 2 aromatic heterocycles. The SMILES string of the molecule is C.C.CC(C)(C)OC(=O)N1CCn2ccc3cc(F)cc(c32)C1.COC(=O)C(=O)c1cn2c3c(cc(F)cc13)CN(C(=O)OC(C)(C)C)CC2.O=C(Cl)C(=O)Cl. The Morgan fingerprint density at radius 3 is 1.61 bits per heavy atom. The number of ether oxygens (including phenoxy) is 3. The number of Topliss-reactive ketones (excluding diaryl/α,β-unsaturated/α-hetero) is 1. The molecule has 0 aliphatic carbocycles. The fourth-order valence-electron chi connectivity index (χ4n) is 5.87. The topological polar surface area (TPSA) is 146 Å². The van der Waals surface area contributed by atoms with Gasteiger partial charge < -0.3 is 33.1 Å². The van der Waals surface area contributed by atoms with Crippen LogP contribution in [0.2, 0.25) is 0 Å². The van der Waals surface area contributed by atoms with E-state index in [2.05, 4.69) is 32.5 Å². The molecule has 0 radical (unpaired) electrons. The molecule has 0 fully saturated rings. The average molecular weight is 826 g/mol. The van der Waals surface area contributed by atoms with Gasteiger partial charge in [-0.2, -0.15) is 0 Å². The van der Waals surface area contributed by atoms with Crippen molar-refractivity contribution in [3.8, 4) is 0 Å². The van der Waals surface area contributed by atoms with Crippen LogP contribution in [0.25, 0.3) is 21.8 Å². The van der Waals surface area contributed by atoms with E-state index in [1.54, 1.807) is 30.2 Å². The second-order valence-corrected chi connectivity index (χ2v) is 15.1. The minimum Gasteiger partial charge on any atom is -0.463 e. The van der Waals surface area contributed by atoms with Crippen LogP contribution in [0.15, 0.2) is 42.7 Å². The average Bonchev–Trinajstić information content (AvgIpc) is 3.50. The minimum absolute atomic E-state index is 0. The lowest BCUT2D eigenvalue weighted by Gasteiger charge is -2.26. The molecule has 56 heavy (non-hydrogen) atoms. The van der Waals surface area contributed by atoms with Crippen LogP contribution in [0.1, 0.15) is 77.9 Å². The maximum Gasteiger partial charge on any atom is 0.410 e. The molecule has 0 saturated carbocycles. The summed E-state index contributed by atoms with van der Waals surface area (Å²) in [7, 11) is 1.12. The van der Waals surface area contributed by atoms with E-state index < -0.39 is 45.3 Å². The summed E-state index contributed by atoms with van der Waals surface area (Å²) >= 11 is 8.98.